The van der Waals surface area contributed by atoms with E-state index < -0.39 is 4.92 Å². The third-order valence-electron chi connectivity index (χ3n) is 4.62. The molecule has 0 bridgehead atoms. The number of nitro groups is 1. The van der Waals surface area contributed by atoms with Gasteiger partial charge in [0.15, 0.2) is 11.5 Å². The van der Waals surface area contributed by atoms with Crippen LogP contribution in [0.3, 0.4) is 0 Å². The van der Waals surface area contributed by atoms with Crippen LogP contribution in [0.4, 0.5) is 5.69 Å². The van der Waals surface area contributed by atoms with Gasteiger partial charge in [0.05, 0.1) is 21.6 Å². The largest absolute Gasteiger partial charge is 0.486 e. The number of carbonyl (C=O) groups is 1. The summed E-state index contributed by atoms with van der Waals surface area (Å²) in [6, 6.07) is 2.87. The molecule has 1 aromatic rings. The molecule has 1 fully saturated rings. The van der Waals surface area contributed by atoms with Crippen molar-refractivity contribution in [1.82, 2.24) is 4.90 Å². The molecule has 1 saturated heterocycles. The lowest BCUT2D eigenvalue weighted by Crippen LogP contribution is -2.41. The number of hydrogen-bond donors (Lipinski definition) is 0. The Morgan fingerprint density at radius 3 is 2.48 bits per heavy atom. The zero-order chi connectivity index (χ0) is 19.4. The SMILES string of the molecule is CCSC(SCC)[C@@H]1CCCN1C(=O)c1cc2c(cc1[N+](=O)[O-])OCCO2. The van der Waals surface area contributed by atoms with Crippen LogP contribution in [0.15, 0.2) is 12.1 Å². The molecule has 0 N–H and O–H groups in total. The molecule has 7 nitrogen and oxygen atoms in total. The number of fused-ring (bicyclic) bond motifs is 1. The minimum absolute atomic E-state index is 0.0814. The number of likely N-dealkylation sites (tertiary alicyclic amines) is 1. The predicted molar refractivity (Wildman–Crippen MR) is 108 cm³/mol. The normalized spacial score (nSPS) is 18.8. The van der Waals surface area contributed by atoms with E-state index in [-0.39, 0.29) is 27.8 Å². The van der Waals surface area contributed by atoms with Gasteiger partial charge in [0, 0.05) is 12.6 Å². The number of ether oxygens (including phenoxy) is 2. The van der Waals surface area contributed by atoms with Crippen LogP contribution in [-0.4, -0.2) is 57.6 Å². The summed E-state index contributed by atoms with van der Waals surface area (Å²) in [7, 11) is 0. The first-order valence-corrected chi connectivity index (χ1v) is 11.3. The Morgan fingerprint density at radius 2 is 1.89 bits per heavy atom. The maximum atomic E-state index is 13.3. The van der Waals surface area contributed by atoms with Gasteiger partial charge in [-0.2, -0.15) is 0 Å². The fourth-order valence-corrected chi connectivity index (χ4v) is 6.35. The molecule has 2 aliphatic heterocycles. The van der Waals surface area contributed by atoms with E-state index in [1.807, 2.05) is 28.4 Å². The Morgan fingerprint density at radius 1 is 1.26 bits per heavy atom. The van der Waals surface area contributed by atoms with E-state index in [0.717, 1.165) is 24.3 Å². The van der Waals surface area contributed by atoms with E-state index >= 15 is 0 Å². The third-order valence-corrected chi connectivity index (χ3v) is 7.39. The molecule has 148 valence electrons. The van der Waals surface area contributed by atoms with E-state index in [0.29, 0.717) is 31.3 Å². The fraction of sp³-hybridized carbons (Fsp3) is 0.611. The maximum Gasteiger partial charge on any atom is 0.286 e. The summed E-state index contributed by atoms with van der Waals surface area (Å²) in [6.07, 6.45) is 1.84. The van der Waals surface area contributed by atoms with E-state index in [1.165, 1.54) is 12.1 Å². The van der Waals surface area contributed by atoms with Gasteiger partial charge in [-0.1, -0.05) is 13.8 Å². The molecule has 1 amide bonds. The summed E-state index contributed by atoms with van der Waals surface area (Å²) >= 11 is 3.68. The van der Waals surface area contributed by atoms with Crippen LogP contribution in [0.2, 0.25) is 0 Å². The highest BCUT2D eigenvalue weighted by Gasteiger charge is 2.38. The molecule has 0 saturated carbocycles. The van der Waals surface area contributed by atoms with Crippen molar-refractivity contribution >= 4 is 35.1 Å². The minimum atomic E-state index is -0.518. The molecule has 2 heterocycles. The molecular weight excluding hydrogens is 388 g/mol. The lowest BCUT2D eigenvalue weighted by Gasteiger charge is -2.31. The first-order chi connectivity index (χ1) is 13.1. The summed E-state index contributed by atoms with van der Waals surface area (Å²) in [6.45, 7) is 5.56. The van der Waals surface area contributed by atoms with Crippen LogP contribution in [-0.2, 0) is 0 Å². The minimum Gasteiger partial charge on any atom is -0.486 e. The molecule has 0 aromatic heterocycles. The quantitative estimate of drug-likeness (QED) is 0.383. The molecule has 0 radical (unpaired) electrons. The zero-order valence-corrected chi connectivity index (χ0v) is 17.1. The van der Waals surface area contributed by atoms with Crippen molar-refractivity contribution in [1.29, 1.82) is 0 Å². The second-order valence-corrected chi connectivity index (χ2v) is 9.39. The number of nitro benzene ring substituents is 1. The molecule has 1 atom stereocenters. The van der Waals surface area contributed by atoms with E-state index in [2.05, 4.69) is 13.8 Å². The Bertz CT molecular complexity index is 709. The Hall–Kier alpha value is -1.61. The summed E-state index contributed by atoms with van der Waals surface area (Å²) in [5.74, 6) is 2.37. The van der Waals surface area contributed by atoms with Gasteiger partial charge in [0.25, 0.3) is 11.6 Å². The lowest BCUT2D eigenvalue weighted by atomic mass is 10.1. The molecule has 0 aliphatic carbocycles. The molecule has 3 rings (SSSR count). The van der Waals surface area contributed by atoms with Gasteiger partial charge in [0.2, 0.25) is 0 Å². The smallest absolute Gasteiger partial charge is 0.286 e. The van der Waals surface area contributed by atoms with E-state index in [1.54, 1.807) is 0 Å². The summed E-state index contributed by atoms with van der Waals surface area (Å²) < 4.78 is 11.3. The summed E-state index contributed by atoms with van der Waals surface area (Å²) in [5, 5.41) is 11.6. The predicted octanol–water partition coefficient (Wildman–Crippen LogP) is 3.80. The number of carbonyl (C=O) groups excluding carboxylic acids is 1. The van der Waals surface area contributed by atoms with Gasteiger partial charge >= 0.3 is 0 Å². The van der Waals surface area contributed by atoms with Gasteiger partial charge in [-0.15, -0.1) is 23.5 Å². The van der Waals surface area contributed by atoms with Crippen LogP contribution < -0.4 is 9.47 Å². The number of benzene rings is 1. The average molecular weight is 413 g/mol. The van der Waals surface area contributed by atoms with Crippen molar-refractivity contribution in [2.45, 2.75) is 37.3 Å². The maximum absolute atomic E-state index is 13.3. The molecule has 9 heteroatoms. The van der Waals surface area contributed by atoms with Crippen molar-refractivity contribution in [3.63, 3.8) is 0 Å². The first-order valence-electron chi connectivity index (χ1n) is 9.19. The number of rotatable bonds is 7. The molecule has 27 heavy (non-hydrogen) atoms. The second-order valence-electron chi connectivity index (χ2n) is 6.26. The van der Waals surface area contributed by atoms with Crippen LogP contribution >= 0.6 is 23.5 Å². The summed E-state index contributed by atoms with van der Waals surface area (Å²) in [4.78, 5) is 26.2. The van der Waals surface area contributed by atoms with Crippen LogP contribution in [0.25, 0.3) is 0 Å². The van der Waals surface area contributed by atoms with Gasteiger partial charge in [0.1, 0.15) is 18.8 Å². The Labute approximate surface area is 167 Å². The third kappa shape index (κ3) is 4.29. The number of hydrogen-bond acceptors (Lipinski definition) is 7. The Kier molecular flexibility index (Phi) is 6.75. The van der Waals surface area contributed by atoms with Gasteiger partial charge in [-0.05, 0) is 24.3 Å². The zero-order valence-electron chi connectivity index (χ0n) is 15.5. The fourth-order valence-electron chi connectivity index (χ4n) is 3.48. The van der Waals surface area contributed by atoms with Crippen molar-refractivity contribution in [2.24, 2.45) is 0 Å². The van der Waals surface area contributed by atoms with Crippen LogP contribution in [0.5, 0.6) is 11.5 Å². The first kappa shape index (κ1) is 20.1. The molecule has 2 aliphatic rings. The monoisotopic (exact) mass is 412 g/mol. The van der Waals surface area contributed by atoms with Crippen molar-refractivity contribution in [3.05, 3.63) is 27.8 Å². The average Bonchev–Trinajstić information content (AvgIpc) is 3.15. The molecule has 0 unspecified atom stereocenters. The summed E-state index contributed by atoms with van der Waals surface area (Å²) in [5.41, 5.74) is -0.143. The van der Waals surface area contributed by atoms with Crippen molar-refractivity contribution < 1.29 is 19.2 Å². The highest BCUT2D eigenvalue weighted by atomic mass is 32.2. The van der Waals surface area contributed by atoms with Crippen LogP contribution in [0, 0.1) is 10.1 Å². The highest BCUT2D eigenvalue weighted by Crippen LogP contribution is 2.40. The van der Waals surface area contributed by atoms with E-state index in [9.17, 15) is 14.9 Å². The molecular formula is C18H24N2O5S2. The second kappa shape index (κ2) is 9.05. The van der Waals surface area contributed by atoms with Gasteiger partial charge in [-0.3, -0.25) is 14.9 Å². The lowest BCUT2D eigenvalue weighted by molar-refractivity contribution is -0.385. The number of thioether (sulfide) groups is 2. The van der Waals surface area contributed by atoms with Gasteiger partial charge in [-0.25, -0.2) is 0 Å². The number of nitrogens with zero attached hydrogens (tertiary/aromatic N) is 2. The van der Waals surface area contributed by atoms with E-state index in [4.69, 9.17) is 9.47 Å². The number of amides is 1. The topological polar surface area (TPSA) is 81.9 Å². The Balaban J connectivity index is 1.93. The molecule has 0 spiro atoms. The standard InChI is InChI=1S/C18H24N2O5S2/c1-3-26-18(27-4-2)13-6-5-7-19(13)17(21)12-10-15-16(25-9-8-24-15)11-14(12)20(22)23/h10-11,13,18H,3-9H2,1-2H3/t13-/m0/s1. The highest BCUT2D eigenvalue weighted by molar-refractivity contribution is 8.17. The van der Waals surface area contributed by atoms with Gasteiger partial charge < -0.3 is 14.4 Å². The molecule has 1 aromatic carbocycles. The van der Waals surface area contributed by atoms with Crippen LogP contribution in [0.1, 0.15) is 37.0 Å². The van der Waals surface area contributed by atoms with Crippen molar-refractivity contribution in [2.75, 3.05) is 31.3 Å². The van der Waals surface area contributed by atoms with Crippen molar-refractivity contribution in [3.8, 4) is 11.5 Å².